The van der Waals surface area contributed by atoms with E-state index in [2.05, 4.69) is 0 Å². The van der Waals surface area contributed by atoms with Gasteiger partial charge in [-0.05, 0) is 29.8 Å². The number of nitrogens with two attached hydrogens (primary N) is 1. The molecule has 0 unspecified atom stereocenters. The van der Waals surface area contributed by atoms with E-state index in [-0.39, 0.29) is 22.2 Å². The highest BCUT2D eigenvalue weighted by atomic mass is 35.5. The molecule has 0 heterocycles. The molecule has 2 aromatic rings. The SMILES string of the molecule is CN(Cc1ccc(Cl)cc1)S(=O)(=O)c1c(N)cccc1Cl. The van der Waals surface area contributed by atoms with Crippen LogP contribution in [0.2, 0.25) is 10.0 Å². The molecule has 2 rings (SSSR count). The van der Waals surface area contributed by atoms with E-state index in [0.29, 0.717) is 5.02 Å². The van der Waals surface area contributed by atoms with Crippen LogP contribution < -0.4 is 5.73 Å². The lowest BCUT2D eigenvalue weighted by Gasteiger charge is -2.19. The molecule has 0 radical (unpaired) electrons. The van der Waals surface area contributed by atoms with Gasteiger partial charge in [-0.2, -0.15) is 4.31 Å². The molecule has 0 aromatic heterocycles. The Bertz CT molecular complexity index is 726. The van der Waals surface area contributed by atoms with Crippen molar-refractivity contribution >= 4 is 38.9 Å². The number of anilines is 1. The quantitative estimate of drug-likeness (QED) is 0.864. The van der Waals surface area contributed by atoms with E-state index < -0.39 is 10.0 Å². The summed E-state index contributed by atoms with van der Waals surface area (Å²) in [5, 5.41) is 0.706. The van der Waals surface area contributed by atoms with Crippen LogP contribution in [0, 0.1) is 0 Å². The standard InChI is InChI=1S/C14H14Cl2N2O2S/c1-18(9-10-5-7-11(15)8-6-10)21(19,20)14-12(16)3-2-4-13(14)17/h2-8H,9,17H2,1H3. The second-order valence-corrected chi connectivity index (χ2v) is 7.37. The summed E-state index contributed by atoms with van der Waals surface area (Å²) in [5.74, 6) is 0. The smallest absolute Gasteiger partial charge is 0.246 e. The number of nitrogens with zero attached hydrogens (tertiary/aromatic N) is 1. The Labute approximate surface area is 134 Å². The summed E-state index contributed by atoms with van der Waals surface area (Å²) >= 11 is 11.8. The molecule has 0 aliphatic heterocycles. The second-order valence-electron chi connectivity index (χ2n) is 4.55. The van der Waals surface area contributed by atoms with Crippen molar-refractivity contribution in [3.63, 3.8) is 0 Å². The molecule has 7 heteroatoms. The van der Waals surface area contributed by atoms with Crippen LogP contribution in [-0.2, 0) is 16.6 Å². The van der Waals surface area contributed by atoms with Crippen LogP contribution in [-0.4, -0.2) is 19.8 Å². The van der Waals surface area contributed by atoms with Gasteiger partial charge in [-0.3, -0.25) is 0 Å². The Morgan fingerprint density at radius 3 is 2.29 bits per heavy atom. The van der Waals surface area contributed by atoms with Crippen molar-refractivity contribution in [2.24, 2.45) is 0 Å². The van der Waals surface area contributed by atoms with Crippen molar-refractivity contribution in [3.8, 4) is 0 Å². The molecule has 0 aliphatic carbocycles. The zero-order chi connectivity index (χ0) is 15.6. The van der Waals surface area contributed by atoms with Gasteiger partial charge in [0.25, 0.3) is 0 Å². The molecule has 2 N–H and O–H groups in total. The lowest BCUT2D eigenvalue weighted by atomic mass is 10.2. The largest absolute Gasteiger partial charge is 0.398 e. The van der Waals surface area contributed by atoms with Crippen LogP contribution in [0.5, 0.6) is 0 Å². The fraction of sp³-hybridized carbons (Fsp3) is 0.143. The van der Waals surface area contributed by atoms with E-state index in [4.69, 9.17) is 28.9 Å². The number of nitrogen functional groups attached to an aromatic ring is 1. The van der Waals surface area contributed by atoms with Gasteiger partial charge in [0.05, 0.1) is 10.7 Å². The molecule has 0 atom stereocenters. The highest BCUT2D eigenvalue weighted by molar-refractivity contribution is 7.89. The maximum Gasteiger partial charge on any atom is 0.246 e. The molecule has 0 saturated heterocycles. The van der Waals surface area contributed by atoms with Gasteiger partial charge in [0.2, 0.25) is 10.0 Å². The topological polar surface area (TPSA) is 63.4 Å². The van der Waals surface area contributed by atoms with E-state index in [9.17, 15) is 8.42 Å². The molecule has 0 saturated carbocycles. The van der Waals surface area contributed by atoms with E-state index in [1.54, 1.807) is 30.3 Å². The van der Waals surface area contributed by atoms with Crippen LogP contribution in [0.25, 0.3) is 0 Å². The lowest BCUT2D eigenvalue weighted by Crippen LogP contribution is -2.27. The molecule has 0 aliphatic rings. The predicted molar refractivity (Wildman–Crippen MR) is 86.0 cm³/mol. The number of hydrogen-bond donors (Lipinski definition) is 1. The fourth-order valence-corrected chi connectivity index (χ4v) is 3.80. The molecule has 4 nitrogen and oxygen atoms in total. The zero-order valence-electron chi connectivity index (χ0n) is 11.3. The summed E-state index contributed by atoms with van der Waals surface area (Å²) in [6.07, 6.45) is 0. The van der Waals surface area contributed by atoms with E-state index in [0.717, 1.165) is 5.56 Å². The summed E-state index contributed by atoms with van der Waals surface area (Å²) in [6.45, 7) is 0.199. The van der Waals surface area contributed by atoms with Gasteiger partial charge in [-0.1, -0.05) is 41.4 Å². The molecule has 0 fully saturated rings. The highest BCUT2D eigenvalue weighted by Crippen LogP contribution is 2.30. The minimum atomic E-state index is -3.77. The number of rotatable bonds is 4. The molecule has 0 bridgehead atoms. The molecule has 112 valence electrons. The Morgan fingerprint density at radius 1 is 1.10 bits per heavy atom. The van der Waals surface area contributed by atoms with Crippen LogP contribution in [0.4, 0.5) is 5.69 Å². The first kappa shape index (κ1) is 16.1. The minimum Gasteiger partial charge on any atom is -0.398 e. The van der Waals surface area contributed by atoms with Crippen LogP contribution in [0.15, 0.2) is 47.4 Å². The highest BCUT2D eigenvalue weighted by Gasteiger charge is 2.26. The summed E-state index contributed by atoms with van der Waals surface area (Å²) < 4.78 is 26.4. The molecule has 0 spiro atoms. The minimum absolute atomic E-state index is 0.0665. The van der Waals surface area contributed by atoms with E-state index in [1.165, 1.54) is 23.5 Å². The van der Waals surface area contributed by atoms with Gasteiger partial charge < -0.3 is 5.73 Å². The van der Waals surface area contributed by atoms with Crippen LogP contribution >= 0.6 is 23.2 Å². The third-order valence-electron chi connectivity index (χ3n) is 2.98. The van der Waals surface area contributed by atoms with Crippen molar-refractivity contribution < 1.29 is 8.42 Å². The molecule has 21 heavy (non-hydrogen) atoms. The van der Waals surface area contributed by atoms with Crippen molar-refractivity contribution in [2.45, 2.75) is 11.4 Å². The first-order chi connectivity index (χ1) is 9.82. The summed E-state index contributed by atoms with van der Waals surface area (Å²) in [6, 6.07) is 11.6. The Morgan fingerprint density at radius 2 is 1.71 bits per heavy atom. The second kappa shape index (κ2) is 6.23. The van der Waals surface area contributed by atoms with Crippen LogP contribution in [0.1, 0.15) is 5.56 Å². The maximum atomic E-state index is 12.6. The lowest BCUT2D eigenvalue weighted by molar-refractivity contribution is 0.467. The monoisotopic (exact) mass is 344 g/mol. The van der Waals surface area contributed by atoms with Gasteiger partial charge in [0.1, 0.15) is 4.90 Å². The van der Waals surface area contributed by atoms with Gasteiger partial charge in [0, 0.05) is 18.6 Å². The number of benzene rings is 2. The first-order valence-corrected chi connectivity index (χ1v) is 8.27. The molecular weight excluding hydrogens is 331 g/mol. The van der Waals surface area contributed by atoms with Crippen molar-refractivity contribution in [3.05, 3.63) is 58.1 Å². The van der Waals surface area contributed by atoms with Gasteiger partial charge >= 0.3 is 0 Å². The van der Waals surface area contributed by atoms with Crippen molar-refractivity contribution in [1.82, 2.24) is 4.31 Å². The summed E-state index contributed by atoms with van der Waals surface area (Å²) in [7, 11) is -2.29. The van der Waals surface area contributed by atoms with Crippen molar-refractivity contribution in [1.29, 1.82) is 0 Å². The Hall–Kier alpha value is -1.27. The third kappa shape index (κ3) is 3.49. The van der Waals surface area contributed by atoms with Gasteiger partial charge in [-0.15, -0.1) is 0 Å². The summed E-state index contributed by atoms with van der Waals surface area (Å²) in [5.41, 5.74) is 6.70. The van der Waals surface area contributed by atoms with Crippen LogP contribution in [0.3, 0.4) is 0 Å². The van der Waals surface area contributed by atoms with E-state index >= 15 is 0 Å². The van der Waals surface area contributed by atoms with Gasteiger partial charge in [0.15, 0.2) is 0 Å². The number of sulfonamides is 1. The number of halogens is 2. The first-order valence-electron chi connectivity index (χ1n) is 6.07. The molecule has 2 aromatic carbocycles. The predicted octanol–water partition coefficient (Wildman–Crippen LogP) is 3.40. The Balaban J connectivity index is 2.33. The fourth-order valence-electron chi connectivity index (χ4n) is 1.89. The van der Waals surface area contributed by atoms with Gasteiger partial charge in [-0.25, -0.2) is 8.42 Å². The average molecular weight is 345 g/mol. The zero-order valence-corrected chi connectivity index (χ0v) is 13.6. The average Bonchev–Trinajstić information content (AvgIpc) is 2.40. The van der Waals surface area contributed by atoms with E-state index in [1.807, 2.05) is 0 Å². The molecular formula is C14H14Cl2N2O2S. The normalized spacial score (nSPS) is 11.8. The Kier molecular flexibility index (Phi) is 4.78. The number of hydrogen-bond acceptors (Lipinski definition) is 3. The van der Waals surface area contributed by atoms with Crippen molar-refractivity contribution in [2.75, 3.05) is 12.8 Å². The summed E-state index contributed by atoms with van der Waals surface area (Å²) in [4.78, 5) is -0.0665. The molecule has 0 amide bonds. The maximum absolute atomic E-state index is 12.6. The third-order valence-corrected chi connectivity index (χ3v) is 5.58.